The summed E-state index contributed by atoms with van der Waals surface area (Å²) in [7, 11) is -4.30. The van der Waals surface area contributed by atoms with Crippen LogP contribution in [0.3, 0.4) is 0 Å². The molecule has 41 heavy (non-hydrogen) atoms. The van der Waals surface area contributed by atoms with E-state index in [-0.39, 0.29) is 40.1 Å². The van der Waals surface area contributed by atoms with Crippen LogP contribution in [0.2, 0.25) is 0 Å². The zero-order valence-electron chi connectivity index (χ0n) is 21.8. The van der Waals surface area contributed by atoms with Gasteiger partial charge in [0.05, 0.1) is 33.7 Å². The molecule has 2 aromatic carbocycles. The molecule has 1 aliphatic carbocycles. The number of fused-ring (bicyclic) bond motifs is 2. The molecule has 2 N–H and O–H groups in total. The molecule has 3 aromatic heterocycles. The number of para-hydroxylation sites is 2. The maximum atomic E-state index is 13.9. The number of hydrogen-bond donors (Lipinski definition) is 2. The van der Waals surface area contributed by atoms with Crippen molar-refractivity contribution in [1.29, 1.82) is 0 Å². The van der Waals surface area contributed by atoms with Gasteiger partial charge in [-0.15, -0.1) is 0 Å². The number of carbonyl (C=O) groups is 1. The van der Waals surface area contributed by atoms with Crippen LogP contribution in [0.1, 0.15) is 48.2 Å². The molecular formula is C28H26N6O6S. The summed E-state index contributed by atoms with van der Waals surface area (Å²) in [6.07, 6.45) is 6.25. The van der Waals surface area contributed by atoms with E-state index in [1.165, 1.54) is 6.26 Å². The van der Waals surface area contributed by atoms with E-state index in [1.807, 2.05) is 12.1 Å². The molecule has 6 rings (SSSR count). The van der Waals surface area contributed by atoms with Gasteiger partial charge in [-0.1, -0.05) is 31.4 Å². The smallest absolute Gasteiger partial charge is 0.269 e. The number of aromatic nitrogens is 3. The normalized spacial score (nSPS) is 14.3. The number of nitro groups is 1. The van der Waals surface area contributed by atoms with Gasteiger partial charge in [0.25, 0.3) is 21.6 Å². The van der Waals surface area contributed by atoms with Crippen LogP contribution in [0.15, 0.2) is 76.2 Å². The van der Waals surface area contributed by atoms with Gasteiger partial charge in [0.1, 0.15) is 22.7 Å². The first-order chi connectivity index (χ1) is 19.8. The van der Waals surface area contributed by atoms with E-state index in [4.69, 9.17) is 14.4 Å². The molecule has 13 heteroatoms. The molecule has 1 aliphatic rings. The molecule has 1 amide bonds. The Kier molecular flexibility index (Phi) is 6.87. The SMILES string of the molecule is O=C(NC1CCCCC1)c1c(NS(=O)(=O)c2ccc([N+](=O)[O-])cc2)n(Cc2ccco2)c2nc3ccccc3nc12. The fourth-order valence-electron chi connectivity index (χ4n) is 5.17. The molecule has 1 saturated carbocycles. The third kappa shape index (κ3) is 5.23. The van der Waals surface area contributed by atoms with Gasteiger partial charge in [-0.25, -0.2) is 18.4 Å². The Balaban J connectivity index is 1.54. The molecule has 210 valence electrons. The summed E-state index contributed by atoms with van der Waals surface area (Å²) in [6, 6.07) is 15.1. The van der Waals surface area contributed by atoms with E-state index in [1.54, 1.807) is 28.8 Å². The first-order valence-electron chi connectivity index (χ1n) is 13.2. The lowest BCUT2D eigenvalue weighted by Crippen LogP contribution is -2.36. The predicted octanol–water partition coefficient (Wildman–Crippen LogP) is 5.00. The minimum Gasteiger partial charge on any atom is -0.467 e. The van der Waals surface area contributed by atoms with Gasteiger partial charge in [-0.05, 0) is 49.2 Å². The largest absolute Gasteiger partial charge is 0.467 e. The van der Waals surface area contributed by atoms with E-state index in [9.17, 15) is 23.3 Å². The van der Waals surface area contributed by atoms with Crippen LogP contribution in [0.4, 0.5) is 11.5 Å². The number of carbonyl (C=O) groups excluding carboxylic acids is 1. The average Bonchev–Trinajstić information content (AvgIpc) is 3.58. The Morgan fingerprint density at radius 3 is 2.37 bits per heavy atom. The van der Waals surface area contributed by atoms with Gasteiger partial charge in [-0.2, -0.15) is 0 Å². The number of non-ortho nitro benzene ring substituents is 1. The molecule has 5 aromatic rings. The van der Waals surface area contributed by atoms with E-state index >= 15 is 0 Å². The Morgan fingerprint density at radius 2 is 1.71 bits per heavy atom. The minimum atomic E-state index is -4.30. The van der Waals surface area contributed by atoms with Gasteiger partial charge in [0.2, 0.25) is 0 Å². The Bertz CT molecular complexity index is 1860. The van der Waals surface area contributed by atoms with Crippen LogP contribution in [-0.2, 0) is 16.6 Å². The van der Waals surface area contributed by atoms with Gasteiger partial charge in [0.15, 0.2) is 5.65 Å². The van der Waals surface area contributed by atoms with E-state index < -0.39 is 20.9 Å². The molecule has 0 radical (unpaired) electrons. The Hall–Kier alpha value is -4.78. The van der Waals surface area contributed by atoms with Crippen molar-refractivity contribution in [2.75, 3.05) is 4.72 Å². The van der Waals surface area contributed by atoms with Crippen molar-refractivity contribution in [1.82, 2.24) is 19.9 Å². The maximum absolute atomic E-state index is 13.9. The number of nitro benzene ring substituents is 1. The summed E-state index contributed by atoms with van der Waals surface area (Å²) in [6.45, 7) is 0.0609. The van der Waals surface area contributed by atoms with Crippen LogP contribution < -0.4 is 10.0 Å². The summed E-state index contributed by atoms with van der Waals surface area (Å²) < 4.78 is 36.9. The predicted molar refractivity (Wildman–Crippen MR) is 151 cm³/mol. The summed E-state index contributed by atoms with van der Waals surface area (Å²) in [5.41, 5.74) is 1.46. The Morgan fingerprint density at radius 1 is 1.00 bits per heavy atom. The number of amides is 1. The van der Waals surface area contributed by atoms with E-state index in [0.29, 0.717) is 22.4 Å². The standard InChI is InChI=1S/C28H26N6O6S/c35-28(29-18-7-2-1-3-8-18)24-25-27(31-23-11-5-4-10-22(23)30-25)33(17-20-9-6-16-40-20)26(24)32-41(38,39)21-14-12-19(13-15-21)34(36)37/h4-6,9-16,18,32H,1-3,7-8,17H2,(H,29,35). The molecule has 0 saturated heterocycles. The number of benzene rings is 2. The summed E-state index contributed by atoms with van der Waals surface area (Å²) in [5.74, 6) is 0.0105. The zero-order chi connectivity index (χ0) is 28.6. The number of rotatable bonds is 8. The summed E-state index contributed by atoms with van der Waals surface area (Å²) in [4.78, 5) is 33.7. The number of nitrogens with one attached hydrogen (secondary N) is 2. The Labute approximate surface area is 234 Å². The first-order valence-corrected chi connectivity index (χ1v) is 14.7. The number of hydrogen-bond acceptors (Lipinski definition) is 8. The summed E-state index contributed by atoms with van der Waals surface area (Å²) >= 11 is 0. The second-order valence-corrected chi connectivity index (χ2v) is 11.6. The minimum absolute atomic E-state index is 0.0293. The van der Waals surface area contributed by atoms with E-state index in [0.717, 1.165) is 56.4 Å². The van der Waals surface area contributed by atoms with Crippen molar-refractivity contribution in [2.24, 2.45) is 0 Å². The fraction of sp³-hybridized carbons (Fsp3) is 0.250. The van der Waals surface area contributed by atoms with Gasteiger partial charge in [0, 0.05) is 18.2 Å². The summed E-state index contributed by atoms with van der Waals surface area (Å²) in [5, 5.41) is 14.2. The van der Waals surface area contributed by atoms with Gasteiger partial charge < -0.3 is 14.3 Å². The molecular weight excluding hydrogens is 548 g/mol. The highest BCUT2D eigenvalue weighted by molar-refractivity contribution is 7.92. The van der Waals surface area contributed by atoms with E-state index in [2.05, 4.69) is 10.0 Å². The second-order valence-electron chi connectivity index (χ2n) is 9.94. The van der Waals surface area contributed by atoms with Crippen molar-refractivity contribution < 1.29 is 22.6 Å². The quantitative estimate of drug-likeness (QED) is 0.193. The number of sulfonamides is 1. The van der Waals surface area contributed by atoms with Crippen molar-refractivity contribution in [2.45, 2.75) is 49.6 Å². The third-order valence-electron chi connectivity index (χ3n) is 7.20. The third-order valence-corrected chi connectivity index (χ3v) is 8.56. The molecule has 0 unspecified atom stereocenters. The molecule has 1 fully saturated rings. The lowest BCUT2D eigenvalue weighted by Gasteiger charge is -2.23. The van der Waals surface area contributed by atoms with Crippen LogP contribution in [0.5, 0.6) is 0 Å². The molecule has 3 heterocycles. The van der Waals surface area contributed by atoms with Crippen LogP contribution >= 0.6 is 0 Å². The number of furan rings is 1. The molecule has 0 atom stereocenters. The monoisotopic (exact) mass is 574 g/mol. The number of anilines is 1. The van der Waals surface area contributed by atoms with Crippen molar-refractivity contribution in [3.05, 3.63) is 88.4 Å². The van der Waals surface area contributed by atoms with Crippen LogP contribution in [0.25, 0.3) is 22.2 Å². The molecule has 0 bridgehead atoms. The maximum Gasteiger partial charge on any atom is 0.269 e. The zero-order valence-corrected chi connectivity index (χ0v) is 22.6. The molecule has 0 spiro atoms. The molecule has 0 aliphatic heterocycles. The second kappa shape index (κ2) is 10.7. The van der Waals surface area contributed by atoms with Crippen LogP contribution in [0, 0.1) is 10.1 Å². The van der Waals surface area contributed by atoms with Crippen molar-refractivity contribution in [3.8, 4) is 0 Å². The first kappa shape index (κ1) is 26.4. The van der Waals surface area contributed by atoms with Crippen molar-refractivity contribution in [3.63, 3.8) is 0 Å². The van der Waals surface area contributed by atoms with Crippen molar-refractivity contribution >= 4 is 49.6 Å². The highest BCUT2D eigenvalue weighted by Crippen LogP contribution is 2.33. The fourth-order valence-corrected chi connectivity index (χ4v) is 6.25. The highest BCUT2D eigenvalue weighted by atomic mass is 32.2. The van der Waals surface area contributed by atoms with Crippen LogP contribution in [-0.4, -0.2) is 39.8 Å². The lowest BCUT2D eigenvalue weighted by atomic mass is 9.95. The number of nitrogens with zero attached hydrogens (tertiary/aromatic N) is 4. The molecule has 12 nitrogen and oxygen atoms in total. The lowest BCUT2D eigenvalue weighted by molar-refractivity contribution is -0.384. The topological polar surface area (TPSA) is 162 Å². The van der Waals surface area contributed by atoms with Gasteiger partial charge >= 0.3 is 0 Å². The highest BCUT2D eigenvalue weighted by Gasteiger charge is 2.31. The average molecular weight is 575 g/mol. The van der Waals surface area contributed by atoms with Gasteiger partial charge in [-0.3, -0.25) is 19.6 Å².